The molecule has 2 aromatic carbocycles. The summed E-state index contributed by atoms with van der Waals surface area (Å²) in [4.78, 5) is 6.81. The molecule has 0 radical (unpaired) electrons. The predicted molar refractivity (Wildman–Crippen MR) is 92.2 cm³/mol. The van der Waals surface area contributed by atoms with Gasteiger partial charge < -0.3 is 14.4 Å². The number of fused-ring (bicyclic) bond motifs is 1. The van der Waals surface area contributed by atoms with E-state index in [0.29, 0.717) is 5.89 Å². The second-order valence-electron chi connectivity index (χ2n) is 5.90. The van der Waals surface area contributed by atoms with Crippen molar-refractivity contribution in [2.24, 2.45) is 0 Å². The molecule has 1 N–H and O–H groups in total. The van der Waals surface area contributed by atoms with Gasteiger partial charge in [-0.3, -0.25) is 0 Å². The lowest BCUT2D eigenvalue weighted by Crippen LogP contribution is -2.20. The molecule has 3 rings (SSSR count). The van der Waals surface area contributed by atoms with E-state index in [9.17, 15) is 0 Å². The van der Waals surface area contributed by atoms with Crippen LogP contribution in [-0.2, 0) is 6.54 Å². The van der Waals surface area contributed by atoms with Gasteiger partial charge in [0.05, 0.1) is 5.69 Å². The molecule has 0 atom stereocenters. The Bertz CT molecular complexity index is 795. The zero-order valence-electron chi connectivity index (χ0n) is 13.6. The van der Waals surface area contributed by atoms with Gasteiger partial charge in [-0.2, -0.15) is 0 Å². The molecule has 4 nitrogen and oxygen atoms in total. The van der Waals surface area contributed by atoms with Gasteiger partial charge in [0.15, 0.2) is 0 Å². The van der Waals surface area contributed by atoms with Crippen molar-refractivity contribution in [3.63, 3.8) is 0 Å². The average molecular weight is 310 g/mol. The number of benzene rings is 2. The quantitative estimate of drug-likeness (QED) is 0.755. The third-order valence-electron chi connectivity index (χ3n) is 4.01. The van der Waals surface area contributed by atoms with Gasteiger partial charge in [0.1, 0.15) is 5.76 Å². The summed E-state index contributed by atoms with van der Waals surface area (Å²) in [5.74, 6) is 1.52. The Morgan fingerprint density at radius 3 is 2.70 bits per heavy atom. The van der Waals surface area contributed by atoms with Gasteiger partial charge in [-0.1, -0.05) is 30.3 Å². The average Bonchev–Trinajstić information content (AvgIpc) is 2.93. The summed E-state index contributed by atoms with van der Waals surface area (Å²) in [7, 11) is 2.03. The summed E-state index contributed by atoms with van der Waals surface area (Å²) in [6.07, 6.45) is 0.769. The molecule has 0 aliphatic carbocycles. The Morgan fingerprint density at radius 1 is 1.13 bits per heavy atom. The Morgan fingerprint density at radius 2 is 1.91 bits per heavy atom. The van der Waals surface area contributed by atoms with Gasteiger partial charge in [-0.05, 0) is 43.3 Å². The molecule has 1 heterocycles. The topological polar surface area (TPSA) is 49.5 Å². The van der Waals surface area contributed by atoms with E-state index in [4.69, 9.17) is 9.52 Å². The summed E-state index contributed by atoms with van der Waals surface area (Å²) < 4.78 is 5.87. The number of hydrogen-bond donors (Lipinski definition) is 1. The van der Waals surface area contributed by atoms with Crippen LogP contribution in [0, 0.1) is 6.92 Å². The summed E-state index contributed by atoms with van der Waals surface area (Å²) in [6, 6.07) is 14.5. The fraction of sp³-hybridized carbons (Fsp3) is 0.316. The van der Waals surface area contributed by atoms with Gasteiger partial charge in [-0.25, -0.2) is 4.98 Å². The third kappa shape index (κ3) is 3.60. The van der Waals surface area contributed by atoms with Crippen molar-refractivity contribution in [1.82, 2.24) is 9.88 Å². The van der Waals surface area contributed by atoms with Gasteiger partial charge >= 0.3 is 0 Å². The zero-order valence-corrected chi connectivity index (χ0v) is 13.6. The Balaban J connectivity index is 1.84. The van der Waals surface area contributed by atoms with Crippen LogP contribution in [0.3, 0.4) is 0 Å². The Kier molecular flexibility index (Phi) is 4.74. The number of aryl methyl sites for hydroxylation is 1. The molecule has 0 aliphatic heterocycles. The highest BCUT2D eigenvalue weighted by Gasteiger charge is 2.13. The van der Waals surface area contributed by atoms with Crippen LogP contribution in [0.25, 0.3) is 22.2 Å². The fourth-order valence-electron chi connectivity index (χ4n) is 2.70. The number of hydrogen-bond acceptors (Lipinski definition) is 4. The number of aromatic nitrogens is 1. The molecule has 0 spiro atoms. The standard InChI is InChI=1S/C19H22N2O2/c1-14-18(13-21(2)10-5-11-22)20-19(23-14)17-9-8-15-6-3-4-7-16(15)12-17/h3-4,6-9,12,22H,5,10-11,13H2,1-2H3. The molecule has 0 amide bonds. The molecule has 0 saturated heterocycles. The zero-order chi connectivity index (χ0) is 16.2. The normalized spacial score (nSPS) is 11.5. The fourth-order valence-corrected chi connectivity index (χ4v) is 2.70. The van der Waals surface area contributed by atoms with Crippen molar-refractivity contribution in [3.8, 4) is 11.5 Å². The van der Waals surface area contributed by atoms with E-state index in [1.54, 1.807) is 0 Å². The van der Waals surface area contributed by atoms with E-state index >= 15 is 0 Å². The number of aliphatic hydroxyl groups excluding tert-OH is 1. The van der Waals surface area contributed by atoms with Crippen LogP contribution in [0.4, 0.5) is 0 Å². The molecule has 4 heteroatoms. The molecule has 0 unspecified atom stereocenters. The third-order valence-corrected chi connectivity index (χ3v) is 4.01. The summed E-state index contributed by atoms with van der Waals surface area (Å²) in [6.45, 7) is 3.73. The number of rotatable bonds is 6. The first-order valence-electron chi connectivity index (χ1n) is 7.92. The Hall–Kier alpha value is -2.17. The summed E-state index contributed by atoms with van der Waals surface area (Å²) >= 11 is 0. The van der Waals surface area contributed by atoms with E-state index in [2.05, 4.69) is 34.1 Å². The smallest absolute Gasteiger partial charge is 0.226 e. The molecule has 0 fully saturated rings. The van der Waals surface area contributed by atoms with Crippen molar-refractivity contribution in [2.45, 2.75) is 19.9 Å². The molecule has 0 saturated carbocycles. The lowest BCUT2D eigenvalue weighted by Gasteiger charge is -2.14. The van der Waals surface area contributed by atoms with Crippen molar-refractivity contribution in [2.75, 3.05) is 20.2 Å². The largest absolute Gasteiger partial charge is 0.441 e. The van der Waals surface area contributed by atoms with Gasteiger partial charge in [0, 0.05) is 25.3 Å². The minimum Gasteiger partial charge on any atom is -0.441 e. The van der Waals surface area contributed by atoms with E-state index < -0.39 is 0 Å². The summed E-state index contributed by atoms with van der Waals surface area (Å²) in [5, 5.41) is 11.3. The first-order valence-corrected chi connectivity index (χ1v) is 7.92. The molecular weight excluding hydrogens is 288 g/mol. The first-order chi connectivity index (χ1) is 11.2. The molecule has 3 aromatic rings. The highest BCUT2D eigenvalue weighted by Crippen LogP contribution is 2.26. The lowest BCUT2D eigenvalue weighted by atomic mass is 10.1. The van der Waals surface area contributed by atoms with Crippen LogP contribution in [0.15, 0.2) is 46.9 Å². The maximum Gasteiger partial charge on any atom is 0.226 e. The van der Waals surface area contributed by atoms with Gasteiger partial charge in [-0.15, -0.1) is 0 Å². The van der Waals surface area contributed by atoms with Gasteiger partial charge in [0.2, 0.25) is 5.89 Å². The van der Waals surface area contributed by atoms with Crippen LogP contribution in [0.1, 0.15) is 17.9 Å². The van der Waals surface area contributed by atoms with Gasteiger partial charge in [0.25, 0.3) is 0 Å². The number of aliphatic hydroxyl groups is 1. The minimum absolute atomic E-state index is 0.213. The van der Waals surface area contributed by atoms with Crippen LogP contribution >= 0.6 is 0 Å². The van der Waals surface area contributed by atoms with E-state index in [-0.39, 0.29) is 6.61 Å². The molecular formula is C19H22N2O2. The summed E-state index contributed by atoms with van der Waals surface area (Å²) in [5.41, 5.74) is 1.95. The lowest BCUT2D eigenvalue weighted by molar-refractivity contribution is 0.242. The van der Waals surface area contributed by atoms with E-state index in [1.807, 2.05) is 32.2 Å². The molecule has 0 aliphatic rings. The maximum atomic E-state index is 8.91. The van der Waals surface area contributed by atoms with E-state index in [0.717, 1.165) is 36.5 Å². The Labute approximate surface area is 136 Å². The molecule has 23 heavy (non-hydrogen) atoms. The number of nitrogens with zero attached hydrogens (tertiary/aromatic N) is 2. The monoisotopic (exact) mass is 310 g/mol. The second kappa shape index (κ2) is 6.94. The van der Waals surface area contributed by atoms with Crippen molar-refractivity contribution >= 4 is 10.8 Å². The van der Waals surface area contributed by atoms with Crippen LogP contribution in [-0.4, -0.2) is 35.2 Å². The second-order valence-corrected chi connectivity index (χ2v) is 5.90. The van der Waals surface area contributed by atoms with E-state index in [1.165, 1.54) is 10.8 Å². The predicted octanol–water partition coefficient (Wildman–Crippen LogP) is 3.62. The SMILES string of the molecule is Cc1oc(-c2ccc3ccccc3c2)nc1CN(C)CCCO. The van der Waals surface area contributed by atoms with Crippen molar-refractivity contribution in [3.05, 3.63) is 53.9 Å². The van der Waals surface area contributed by atoms with Crippen molar-refractivity contribution < 1.29 is 9.52 Å². The minimum atomic E-state index is 0.213. The molecule has 120 valence electrons. The first kappa shape index (κ1) is 15.7. The van der Waals surface area contributed by atoms with Crippen LogP contribution in [0.5, 0.6) is 0 Å². The highest BCUT2D eigenvalue weighted by molar-refractivity contribution is 5.86. The molecule has 1 aromatic heterocycles. The van der Waals surface area contributed by atoms with Crippen LogP contribution in [0.2, 0.25) is 0 Å². The van der Waals surface area contributed by atoms with Crippen molar-refractivity contribution in [1.29, 1.82) is 0 Å². The highest BCUT2D eigenvalue weighted by atomic mass is 16.4. The maximum absolute atomic E-state index is 8.91. The van der Waals surface area contributed by atoms with Crippen LogP contribution < -0.4 is 0 Å². The molecule has 0 bridgehead atoms. The number of oxazole rings is 1.